The van der Waals surface area contributed by atoms with Crippen LogP contribution in [0.25, 0.3) is 0 Å². The van der Waals surface area contributed by atoms with Crippen molar-refractivity contribution < 1.29 is 18.9 Å². The molecule has 22 heavy (non-hydrogen) atoms. The van der Waals surface area contributed by atoms with Crippen molar-refractivity contribution in [3.05, 3.63) is 17.7 Å². The SMILES string of the molecule is COCCNC(=S)N/N=C\c1cc(OC)c(OC)c(OC)c1. The Morgan fingerprint density at radius 2 is 1.77 bits per heavy atom. The highest BCUT2D eigenvalue weighted by Gasteiger charge is 2.12. The molecule has 7 nitrogen and oxygen atoms in total. The summed E-state index contributed by atoms with van der Waals surface area (Å²) in [4.78, 5) is 0. The molecule has 0 saturated carbocycles. The van der Waals surface area contributed by atoms with E-state index in [-0.39, 0.29) is 0 Å². The summed E-state index contributed by atoms with van der Waals surface area (Å²) < 4.78 is 20.7. The van der Waals surface area contributed by atoms with Crippen LogP contribution in [0.3, 0.4) is 0 Å². The Labute approximate surface area is 135 Å². The van der Waals surface area contributed by atoms with Crippen LogP contribution in [0.2, 0.25) is 0 Å². The van der Waals surface area contributed by atoms with Crippen molar-refractivity contribution in [1.29, 1.82) is 0 Å². The van der Waals surface area contributed by atoms with E-state index in [4.69, 9.17) is 31.2 Å². The molecule has 0 atom stereocenters. The molecule has 0 aliphatic rings. The third-order valence-corrected chi connectivity index (χ3v) is 2.89. The Balaban J connectivity index is 2.72. The lowest BCUT2D eigenvalue weighted by molar-refractivity contribution is 0.204. The molecule has 1 aromatic carbocycles. The molecule has 0 aliphatic carbocycles. The minimum atomic E-state index is 0.417. The number of hydrogen-bond acceptors (Lipinski definition) is 6. The second-order valence-electron chi connectivity index (χ2n) is 4.08. The highest BCUT2D eigenvalue weighted by molar-refractivity contribution is 7.80. The van der Waals surface area contributed by atoms with Crippen LogP contribution >= 0.6 is 12.2 Å². The molecule has 8 heteroatoms. The Kier molecular flexibility index (Phi) is 8.01. The number of ether oxygens (including phenoxy) is 4. The molecule has 0 spiro atoms. The molecule has 2 N–H and O–H groups in total. The predicted octanol–water partition coefficient (Wildman–Crippen LogP) is 1.16. The average Bonchev–Trinajstić information content (AvgIpc) is 2.54. The maximum absolute atomic E-state index is 5.27. The number of nitrogens with zero attached hydrogens (tertiary/aromatic N) is 1. The van der Waals surface area contributed by atoms with Gasteiger partial charge in [0.05, 0.1) is 34.2 Å². The molecule has 1 aromatic rings. The number of benzene rings is 1. The number of hydrogen-bond donors (Lipinski definition) is 2. The number of rotatable bonds is 8. The fourth-order valence-electron chi connectivity index (χ4n) is 1.65. The molecule has 0 fully saturated rings. The van der Waals surface area contributed by atoms with E-state index in [9.17, 15) is 0 Å². The summed E-state index contributed by atoms with van der Waals surface area (Å²) in [6.45, 7) is 1.18. The van der Waals surface area contributed by atoms with E-state index in [1.807, 2.05) is 0 Å². The number of nitrogens with one attached hydrogen (secondary N) is 2. The lowest BCUT2D eigenvalue weighted by Crippen LogP contribution is -2.34. The van der Waals surface area contributed by atoms with E-state index >= 15 is 0 Å². The number of hydrazone groups is 1. The molecule has 0 aliphatic heterocycles. The molecule has 0 heterocycles. The Bertz CT molecular complexity index is 498. The third-order valence-electron chi connectivity index (χ3n) is 2.66. The van der Waals surface area contributed by atoms with Crippen molar-refractivity contribution in [3.63, 3.8) is 0 Å². The molecule has 1 rings (SSSR count). The van der Waals surface area contributed by atoms with E-state index in [0.29, 0.717) is 35.5 Å². The molecule has 0 unspecified atom stereocenters. The highest BCUT2D eigenvalue weighted by Crippen LogP contribution is 2.37. The lowest BCUT2D eigenvalue weighted by Gasteiger charge is -2.12. The van der Waals surface area contributed by atoms with Gasteiger partial charge < -0.3 is 24.3 Å². The van der Waals surface area contributed by atoms with Crippen LogP contribution in [0, 0.1) is 0 Å². The molecular formula is C14H21N3O4S. The van der Waals surface area contributed by atoms with Gasteiger partial charge in [0, 0.05) is 19.2 Å². The first-order valence-electron chi connectivity index (χ1n) is 6.52. The summed E-state index contributed by atoms with van der Waals surface area (Å²) in [6.07, 6.45) is 1.61. The van der Waals surface area contributed by atoms with Gasteiger partial charge in [0.25, 0.3) is 0 Å². The fraction of sp³-hybridized carbons (Fsp3) is 0.429. The van der Waals surface area contributed by atoms with Gasteiger partial charge in [-0.25, -0.2) is 0 Å². The Morgan fingerprint density at radius 3 is 2.27 bits per heavy atom. The van der Waals surface area contributed by atoms with Crippen molar-refractivity contribution in [2.24, 2.45) is 5.10 Å². The van der Waals surface area contributed by atoms with Crippen LogP contribution in [-0.2, 0) is 4.74 Å². The minimum absolute atomic E-state index is 0.417. The topological polar surface area (TPSA) is 73.3 Å². The van der Waals surface area contributed by atoms with Crippen LogP contribution < -0.4 is 25.0 Å². The van der Waals surface area contributed by atoms with E-state index in [0.717, 1.165) is 5.56 Å². The van der Waals surface area contributed by atoms with Gasteiger partial charge in [-0.05, 0) is 24.4 Å². The van der Waals surface area contributed by atoms with Gasteiger partial charge in [-0.1, -0.05) is 0 Å². The van der Waals surface area contributed by atoms with Crippen LogP contribution in [-0.4, -0.2) is 52.9 Å². The Morgan fingerprint density at radius 1 is 1.14 bits per heavy atom. The zero-order valence-corrected chi connectivity index (χ0v) is 14.0. The van der Waals surface area contributed by atoms with Gasteiger partial charge in [-0.15, -0.1) is 0 Å². The third kappa shape index (κ3) is 5.38. The second-order valence-corrected chi connectivity index (χ2v) is 4.49. The van der Waals surface area contributed by atoms with Crippen molar-refractivity contribution in [1.82, 2.24) is 10.7 Å². The fourth-order valence-corrected chi connectivity index (χ4v) is 1.80. The van der Waals surface area contributed by atoms with E-state index in [1.54, 1.807) is 46.8 Å². The molecule has 0 saturated heterocycles. The first-order valence-corrected chi connectivity index (χ1v) is 6.93. The predicted molar refractivity (Wildman–Crippen MR) is 89.3 cm³/mol. The van der Waals surface area contributed by atoms with Crippen LogP contribution in [0.15, 0.2) is 17.2 Å². The molecule has 0 amide bonds. The summed E-state index contributed by atoms with van der Waals surface area (Å²) in [6, 6.07) is 3.57. The van der Waals surface area contributed by atoms with Crippen LogP contribution in [0.5, 0.6) is 17.2 Å². The molecular weight excluding hydrogens is 306 g/mol. The smallest absolute Gasteiger partial charge is 0.203 e. The first-order chi connectivity index (χ1) is 10.7. The van der Waals surface area contributed by atoms with Gasteiger partial charge in [-0.2, -0.15) is 5.10 Å². The first kappa shape index (κ1) is 18.0. The van der Waals surface area contributed by atoms with Gasteiger partial charge in [0.1, 0.15) is 0 Å². The monoisotopic (exact) mass is 327 g/mol. The summed E-state index contributed by atoms with van der Waals surface area (Å²) in [5, 5.41) is 7.42. The van der Waals surface area contributed by atoms with E-state index in [2.05, 4.69) is 15.8 Å². The van der Waals surface area contributed by atoms with Gasteiger partial charge in [0.15, 0.2) is 16.6 Å². The van der Waals surface area contributed by atoms with Crippen molar-refractivity contribution >= 4 is 23.5 Å². The Hall–Kier alpha value is -2.06. The maximum Gasteiger partial charge on any atom is 0.203 e. The minimum Gasteiger partial charge on any atom is -0.493 e. The average molecular weight is 327 g/mol. The normalized spacial score (nSPS) is 10.4. The maximum atomic E-state index is 5.27. The van der Waals surface area contributed by atoms with E-state index < -0.39 is 0 Å². The van der Waals surface area contributed by atoms with Crippen molar-refractivity contribution in [3.8, 4) is 17.2 Å². The molecule has 0 aromatic heterocycles. The summed E-state index contributed by atoms with van der Waals surface area (Å²) in [5.74, 6) is 1.65. The molecule has 122 valence electrons. The molecule has 0 bridgehead atoms. The summed E-state index contributed by atoms with van der Waals surface area (Å²) in [7, 11) is 6.30. The van der Waals surface area contributed by atoms with Gasteiger partial charge in [0.2, 0.25) is 5.75 Å². The van der Waals surface area contributed by atoms with Crippen molar-refractivity contribution in [2.75, 3.05) is 41.6 Å². The van der Waals surface area contributed by atoms with Gasteiger partial charge in [-0.3, -0.25) is 5.43 Å². The largest absolute Gasteiger partial charge is 0.493 e. The zero-order chi connectivity index (χ0) is 16.4. The zero-order valence-electron chi connectivity index (χ0n) is 13.1. The van der Waals surface area contributed by atoms with Crippen molar-refractivity contribution in [2.45, 2.75) is 0 Å². The summed E-state index contributed by atoms with van der Waals surface area (Å²) in [5.41, 5.74) is 3.49. The van der Waals surface area contributed by atoms with Gasteiger partial charge >= 0.3 is 0 Å². The molecule has 0 radical (unpaired) electrons. The van der Waals surface area contributed by atoms with Crippen LogP contribution in [0.1, 0.15) is 5.56 Å². The second kappa shape index (κ2) is 9.80. The standard InChI is InChI=1S/C14H21N3O4S/c1-18-6-5-15-14(22)17-16-9-10-7-11(19-2)13(21-4)12(8-10)20-3/h7-9H,5-6H2,1-4H3,(H2,15,17,22)/b16-9-. The lowest BCUT2D eigenvalue weighted by atomic mass is 10.2. The summed E-state index contributed by atoms with van der Waals surface area (Å²) >= 11 is 5.06. The number of methoxy groups -OCH3 is 4. The quantitative estimate of drug-likeness (QED) is 0.321. The van der Waals surface area contributed by atoms with Crippen LogP contribution in [0.4, 0.5) is 0 Å². The number of thiocarbonyl (C=S) groups is 1. The highest BCUT2D eigenvalue weighted by atomic mass is 32.1. The van der Waals surface area contributed by atoms with E-state index in [1.165, 1.54) is 0 Å².